The van der Waals surface area contributed by atoms with Crippen LogP contribution in [-0.2, 0) is 5.60 Å². The molecule has 1 atom stereocenters. The van der Waals surface area contributed by atoms with Crippen LogP contribution in [0, 0.1) is 0 Å². The van der Waals surface area contributed by atoms with Crippen LogP contribution >= 0.6 is 22.9 Å². The summed E-state index contributed by atoms with van der Waals surface area (Å²) >= 11 is 6.13. The van der Waals surface area contributed by atoms with E-state index in [0.29, 0.717) is 11.3 Å². The van der Waals surface area contributed by atoms with Gasteiger partial charge in [0, 0.05) is 11.4 Å². The lowest BCUT2D eigenvalue weighted by Crippen LogP contribution is -2.47. The Balaban J connectivity index is 3.14. The molecule has 7 heteroatoms. The van der Waals surface area contributed by atoms with Crippen LogP contribution in [0.15, 0.2) is 12.1 Å². The zero-order chi connectivity index (χ0) is 11.0. The molecule has 0 amide bonds. The summed E-state index contributed by atoms with van der Waals surface area (Å²) in [6, 6.07) is 2.40. The Morgan fingerprint density at radius 3 is 2.29 bits per heavy atom. The molecule has 14 heavy (non-hydrogen) atoms. The first kappa shape index (κ1) is 11.8. The van der Waals surface area contributed by atoms with Gasteiger partial charge in [0.05, 0.1) is 4.34 Å². The first-order valence-electron chi connectivity index (χ1n) is 3.56. The molecule has 1 aromatic heterocycles. The van der Waals surface area contributed by atoms with Gasteiger partial charge < -0.3 is 10.8 Å². The summed E-state index contributed by atoms with van der Waals surface area (Å²) in [5.41, 5.74) is 1.93. The topological polar surface area (TPSA) is 46.2 Å². The molecule has 0 bridgehead atoms. The molecule has 0 aromatic carbocycles. The second-order valence-corrected chi connectivity index (χ2v) is 4.38. The van der Waals surface area contributed by atoms with Crippen molar-refractivity contribution in [2.45, 2.75) is 11.8 Å². The number of aliphatic hydroxyl groups is 1. The molecule has 80 valence electrons. The Hall–Kier alpha value is -0.300. The second-order valence-electron chi connectivity index (χ2n) is 2.67. The van der Waals surface area contributed by atoms with Gasteiger partial charge in [0.1, 0.15) is 0 Å². The maximum absolute atomic E-state index is 12.4. The smallest absolute Gasteiger partial charge is 0.375 e. The Kier molecular flexibility index (Phi) is 3.10. The molecule has 0 radical (unpaired) electrons. The predicted molar refractivity (Wildman–Crippen MR) is 48.3 cm³/mol. The largest absolute Gasteiger partial charge is 0.423 e. The second kappa shape index (κ2) is 3.69. The van der Waals surface area contributed by atoms with E-state index in [1.165, 1.54) is 6.07 Å². The van der Waals surface area contributed by atoms with Gasteiger partial charge >= 0.3 is 6.18 Å². The third kappa shape index (κ3) is 1.88. The van der Waals surface area contributed by atoms with Gasteiger partial charge in [-0.15, -0.1) is 11.3 Å². The number of nitrogens with two attached hydrogens (primary N) is 1. The van der Waals surface area contributed by atoms with Crippen LogP contribution in [0.5, 0.6) is 0 Å². The van der Waals surface area contributed by atoms with Crippen LogP contribution in [0.2, 0.25) is 4.34 Å². The van der Waals surface area contributed by atoms with E-state index in [1.807, 2.05) is 0 Å². The molecule has 1 aromatic rings. The third-order valence-corrected chi connectivity index (χ3v) is 3.13. The first-order chi connectivity index (χ1) is 6.31. The molecular formula is C7H7ClF3NOS. The predicted octanol–water partition coefficient (Wildman–Crippen LogP) is 2.11. The minimum atomic E-state index is -4.80. The molecule has 1 unspecified atom stereocenters. The number of hydrogen-bond acceptors (Lipinski definition) is 3. The lowest BCUT2D eigenvalue weighted by molar-refractivity contribution is -0.260. The summed E-state index contributed by atoms with van der Waals surface area (Å²) in [5.74, 6) is 0. The lowest BCUT2D eigenvalue weighted by Gasteiger charge is -2.27. The summed E-state index contributed by atoms with van der Waals surface area (Å²) in [5, 5.41) is 9.34. The molecule has 0 aliphatic rings. The van der Waals surface area contributed by atoms with E-state index >= 15 is 0 Å². The van der Waals surface area contributed by atoms with Crippen LogP contribution in [0.25, 0.3) is 0 Å². The lowest BCUT2D eigenvalue weighted by atomic mass is 10.0. The van der Waals surface area contributed by atoms with E-state index in [4.69, 9.17) is 17.3 Å². The summed E-state index contributed by atoms with van der Waals surface area (Å²) in [6.45, 7) is -0.923. The minimum absolute atomic E-state index is 0.177. The Morgan fingerprint density at radius 1 is 1.43 bits per heavy atom. The van der Waals surface area contributed by atoms with Gasteiger partial charge in [-0.2, -0.15) is 13.2 Å². The van der Waals surface area contributed by atoms with Gasteiger partial charge in [-0.1, -0.05) is 11.6 Å². The molecule has 0 aliphatic carbocycles. The van der Waals surface area contributed by atoms with Crippen LogP contribution in [0.4, 0.5) is 13.2 Å². The average Bonchev–Trinajstić information content (AvgIpc) is 2.48. The van der Waals surface area contributed by atoms with Crippen molar-refractivity contribution in [3.8, 4) is 0 Å². The third-order valence-electron chi connectivity index (χ3n) is 1.75. The fraction of sp³-hybridized carbons (Fsp3) is 0.429. The first-order valence-corrected chi connectivity index (χ1v) is 4.75. The van der Waals surface area contributed by atoms with Gasteiger partial charge in [0.25, 0.3) is 0 Å². The molecule has 1 heterocycles. The number of rotatable bonds is 2. The van der Waals surface area contributed by atoms with E-state index in [1.54, 1.807) is 0 Å². The molecule has 2 nitrogen and oxygen atoms in total. The highest BCUT2D eigenvalue weighted by Gasteiger charge is 2.54. The van der Waals surface area contributed by atoms with Crippen molar-refractivity contribution in [3.63, 3.8) is 0 Å². The monoisotopic (exact) mass is 245 g/mol. The van der Waals surface area contributed by atoms with Gasteiger partial charge in [-0.25, -0.2) is 0 Å². The Bertz CT molecular complexity index is 327. The van der Waals surface area contributed by atoms with Gasteiger partial charge in [0.15, 0.2) is 0 Å². The maximum atomic E-state index is 12.4. The summed E-state index contributed by atoms with van der Waals surface area (Å²) in [6.07, 6.45) is -4.80. The molecule has 0 saturated carbocycles. The molecule has 3 N–H and O–H groups in total. The molecule has 0 spiro atoms. The standard InChI is InChI=1S/C7H7ClF3NOS/c8-5-2-1-4(14-5)6(13,3-12)7(9,10)11/h1-2,13H,3,12H2. The summed E-state index contributed by atoms with van der Waals surface area (Å²) in [7, 11) is 0. The highest BCUT2D eigenvalue weighted by molar-refractivity contribution is 7.16. The summed E-state index contributed by atoms with van der Waals surface area (Å²) in [4.78, 5) is -0.294. The highest BCUT2D eigenvalue weighted by atomic mass is 35.5. The van der Waals surface area contributed by atoms with Gasteiger partial charge in [-0.3, -0.25) is 0 Å². The Morgan fingerprint density at radius 2 is 2.00 bits per heavy atom. The van der Waals surface area contributed by atoms with Gasteiger partial charge in [-0.05, 0) is 12.1 Å². The SMILES string of the molecule is NCC(O)(c1ccc(Cl)s1)C(F)(F)F. The highest BCUT2D eigenvalue weighted by Crippen LogP contribution is 2.41. The number of alkyl halides is 3. The van der Waals surface area contributed by atoms with Crippen molar-refractivity contribution in [2.24, 2.45) is 5.73 Å². The fourth-order valence-electron chi connectivity index (χ4n) is 0.893. The molecule has 0 saturated heterocycles. The van der Waals surface area contributed by atoms with Crippen molar-refractivity contribution in [2.75, 3.05) is 6.54 Å². The Labute approximate surface area is 87.1 Å². The fourth-order valence-corrected chi connectivity index (χ4v) is 2.06. The zero-order valence-corrected chi connectivity index (χ0v) is 8.38. The number of thiophene rings is 1. The van der Waals surface area contributed by atoms with Crippen molar-refractivity contribution >= 4 is 22.9 Å². The van der Waals surface area contributed by atoms with E-state index < -0.39 is 18.3 Å². The zero-order valence-electron chi connectivity index (χ0n) is 6.81. The van der Waals surface area contributed by atoms with Gasteiger partial charge in [0.2, 0.25) is 5.60 Å². The van der Waals surface area contributed by atoms with E-state index in [9.17, 15) is 18.3 Å². The number of halogens is 4. The van der Waals surface area contributed by atoms with Crippen LogP contribution in [0.1, 0.15) is 4.88 Å². The number of hydrogen-bond donors (Lipinski definition) is 2. The van der Waals surface area contributed by atoms with E-state index in [0.717, 1.165) is 6.07 Å². The molecule has 0 fully saturated rings. The van der Waals surface area contributed by atoms with E-state index in [2.05, 4.69) is 0 Å². The summed E-state index contributed by atoms with van der Waals surface area (Å²) < 4.78 is 37.5. The van der Waals surface area contributed by atoms with E-state index in [-0.39, 0.29) is 9.21 Å². The van der Waals surface area contributed by atoms with Crippen LogP contribution in [-0.4, -0.2) is 17.8 Å². The van der Waals surface area contributed by atoms with Crippen molar-refractivity contribution in [3.05, 3.63) is 21.3 Å². The van der Waals surface area contributed by atoms with Crippen molar-refractivity contribution in [1.82, 2.24) is 0 Å². The van der Waals surface area contributed by atoms with Crippen LogP contribution < -0.4 is 5.73 Å². The maximum Gasteiger partial charge on any atom is 0.423 e. The quantitative estimate of drug-likeness (QED) is 0.838. The van der Waals surface area contributed by atoms with Crippen molar-refractivity contribution in [1.29, 1.82) is 0 Å². The van der Waals surface area contributed by atoms with Crippen molar-refractivity contribution < 1.29 is 18.3 Å². The minimum Gasteiger partial charge on any atom is -0.375 e. The molecule has 0 aliphatic heterocycles. The average molecular weight is 246 g/mol. The molecule has 1 rings (SSSR count). The molecular weight excluding hydrogens is 239 g/mol. The van der Waals surface area contributed by atoms with Crippen LogP contribution in [0.3, 0.4) is 0 Å². The normalized spacial score (nSPS) is 16.7.